The van der Waals surface area contributed by atoms with E-state index in [0.717, 1.165) is 19.3 Å². The maximum Gasteiger partial charge on any atom is 0.234 e. The third-order valence-electron chi connectivity index (χ3n) is 4.56. The molecule has 0 radical (unpaired) electrons. The molecule has 24 heavy (non-hydrogen) atoms. The summed E-state index contributed by atoms with van der Waals surface area (Å²) in [6, 6.07) is 3.39. The summed E-state index contributed by atoms with van der Waals surface area (Å²) in [4.78, 5) is 14.0. The second kappa shape index (κ2) is 8.53. The number of nitrogens with one attached hydrogen (secondary N) is 1. The molecule has 1 fully saturated rings. The standard InChI is InChI=1S/C18H26F2N2O2/c1-12(9-14-15(19)6-4-7-16(14)20)21-18(24)11-22(2)10-13-5-3-8-17(13)23/h4,6-7,12-13,17,23H,3,5,8-11H2,1-2H3,(H,21,24). The molecule has 4 nitrogen and oxygen atoms in total. The molecule has 2 N–H and O–H groups in total. The summed E-state index contributed by atoms with van der Waals surface area (Å²) in [5, 5.41) is 12.6. The number of benzene rings is 1. The fraction of sp³-hybridized carbons (Fsp3) is 0.611. The predicted molar refractivity (Wildman–Crippen MR) is 88.5 cm³/mol. The number of aliphatic hydroxyl groups excluding tert-OH is 1. The van der Waals surface area contributed by atoms with Crippen molar-refractivity contribution in [3.63, 3.8) is 0 Å². The van der Waals surface area contributed by atoms with Gasteiger partial charge in [0.05, 0.1) is 12.6 Å². The molecule has 1 aliphatic rings. The summed E-state index contributed by atoms with van der Waals surface area (Å²) < 4.78 is 27.3. The van der Waals surface area contributed by atoms with Gasteiger partial charge in [0.25, 0.3) is 0 Å². The molecular formula is C18H26F2N2O2. The van der Waals surface area contributed by atoms with Gasteiger partial charge in [0.15, 0.2) is 0 Å². The first-order chi connectivity index (χ1) is 11.4. The van der Waals surface area contributed by atoms with Crippen molar-refractivity contribution in [3.05, 3.63) is 35.4 Å². The summed E-state index contributed by atoms with van der Waals surface area (Å²) >= 11 is 0. The van der Waals surface area contributed by atoms with Crippen LogP contribution in [-0.2, 0) is 11.2 Å². The first-order valence-corrected chi connectivity index (χ1v) is 8.45. The van der Waals surface area contributed by atoms with Gasteiger partial charge in [-0.25, -0.2) is 8.78 Å². The lowest BCUT2D eigenvalue weighted by Crippen LogP contribution is -2.42. The van der Waals surface area contributed by atoms with Crippen molar-refractivity contribution >= 4 is 5.91 Å². The molecule has 134 valence electrons. The second-order valence-corrected chi connectivity index (χ2v) is 6.83. The Hall–Kier alpha value is -1.53. The Morgan fingerprint density at radius 3 is 2.62 bits per heavy atom. The van der Waals surface area contributed by atoms with Crippen LogP contribution >= 0.6 is 0 Å². The number of nitrogens with zero attached hydrogens (tertiary/aromatic N) is 1. The van der Waals surface area contributed by atoms with E-state index in [-0.39, 0.29) is 42.5 Å². The quantitative estimate of drug-likeness (QED) is 0.799. The lowest BCUT2D eigenvalue weighted by molar-refractivity contribution is -0.122. The van der Waals surface area contributed by atoms with Crippen LogP contribution in [-0.4, -0.2) is 48.2 Å². The highest BCUT2D eigenvalue weighted by molar-refractivity contribution is 5.78. The van der Waals surface area contributed by atoms with Crippen LogP contribution in [0.25, 0.3) is 0 Å². The third kappa shape index (κ3) is 5.24. The van der Waals surface area contributed by atoms with E-state index in [9.17, 15) is 18.7 Å². The Balaban J connectivity index is 1.79. The fourth-order valence-electron chi connectivity index (χ4n) is 3.35. The molecule has 3 unspecified atom stereocenters. The molecule has 1 saturated carbocycles. The topological polar surface area (TPSA) is 52.6 Å². The van der Waals surface area contributed by atoms with Gasteiger partial charge in [-0.3, -0.25) is 9.69 Å². The van der Waals surface area contributed by atoms with Gasteiger partial charge < -0.3 is 10.4 Å². The minimum Gasteiger partial charge on any atom is -0.393 e. The van der Waals surface area contributed by atoms with E-state index in [1.165, 1.54) is 18.2 Å². The normalized spacial score (nSPS) is 21.9. The molecule has 1 aromatic carbocycles. The first-order valence-electron chi connectivity index (χ1n) is 8.45. The zero-order valence-corrected chi connectivity index (χ0v) is 14.3. The van der Waals surface area contributed by atoms with Gasteiger partial charge in [-0.15, -0.1) is 0 Å². The molecule has 6 heteroatoms. The summed E-state index contributed by atoms with van der Waals surface area (Å²) in [7, 11) is 1.84. The SMILES string of the molecule is CC(Cc1c(F)cccc1F)NC(=O)CN(C)CC1CCCC1O. The van der Waals surface area contributed by atoms with E-state index in [2.05, 4.69) is 5.32 Å². The minimum atomic E-state index is -0.594. The van der Waals surface area contributed by atoms with E-state index < -0.39 is 11.6 Å². The smallest absolute Gasteiger partial charge is 0.234 e. The molecule has 1 aliphatic carbocycles. The highest BCUT2D eigenvalue weighted by Crippen LogP contribution is 2.25. The number of hydrogen-bond acceptors (Lipinski definition) is 3. The number of carbonyl (C=O) groups is 1. The lowest BCUT2D eigenvalue weighted by atomic mass is 10.1. The van der Waals surface area contributed by atoms with Gasteiger partial charge in [0, 0.05) is 18.2 Å². The molecule has 3 atom stereocenters. The molecule has 0 aromatic heterocycles. The predicted octanol–water partition coefficient (Wildman–Crippen LogP) is 2.10. The molecule has 0 bridgehead atoms. The Morgan fingerprint density at radius 1 is 1.38 bits per heavy atom. The molecule has 0 heterocycles. The summed E-state index contributed by atoms with van der Waals surface area (Å²) in [6.07, 6.45) is 2.66. The number of hydrogen-bond donors (Lipinski definition) is 2. The summed E-state index contributed by atoms with van der Waals surface area (Å²) in [5.41, 5.74) is -0.00673. The van der Waals surface area contributed by atoms with E-state index in [1.54, 1.807) is 6.92 Å². The number of likely N-dealkylation sites (N-methyl/N-ethyl adjacent to an activating group) is 1. The van der Waals surface area contributed by atoms with Crippen molar-refractivity contribution in [2.75, 3.05) is 20.1 Å². The lowest BCUT2D eigenvalue weighted by Gasteiger charge is -2.23. The highest BCUT2D eigenvalue weighted by Gasteiger charge is 2.26. The van der Waals surface area contributed by atoms with Crippen molar-refractivity contribution in [2.45, 2.75) is 44.8 Å². The average molecular weight is 340 g/mol. The monoisotopic (exact) mass is 340 g/mol. The van der Waals surface area contributed by atoms with Crippen LogP contribution in [0.1, 0.15) is 31.7 Å². The van der Waals surface area contributed by atoms with Gasteiger partial charge in [-0.1, -0.05) is 12.5 Å². The Labute approximate surface area is 141 Å². The Morgan fingerprint density at radius 2 is 2.04 bits per heavy atom. The van der Waals surface area contributed by atoms with E-state index in [4.69, 9.17) is 0 Å². The van der Waals surface area contributed by atoms with E-state index in [0.29, 0.717) is 6.54 Å². The van der Waals surface area contributed by atoms with Gasteiger partial charge in [-0.2, -0.15) is 0 Å². The van der Waals surface area contributed by atoms with Crippen LogP contribution < -0.4 is 5.32 Å². The van der Waals surface area contributed by atoms with Crippen LogP contribution in [0.4, 0.5) is 8.78 Å². The molecule has 2 rings (SSSR count). The van der Waals surface area contributed by atoms with Crippen LogP contribution in [0.15, 0.2) is 18.2 Å². The zero-order chi connectivity index (χ0) is 17.7. The average Bonchev–Trinajstić information content (AvgIpc) is 2.88. The van der Waals surface area contributed by atoms with Gasteiger partial charge >= 0.3 is 0 Å². The van der Waals surface area contributed by atoms with Crippen LogP contribution in [0.5, 0.6) is 0 Å². The molecule has 0 aliphatic heterocycles. The number of amides is 1. The number of halogens is 2. The van der Waals surface area contributed by atoms with Crippen molar-refractivity contribution in [1.82, 2.24) is 10.2 Å². The third-order valence-corrected chi connectivity index (χ3v) is 4.56. The van der Waals surface area contributed by atoms with Crippen LogP contribution in [0.3, 0.4) is 0 Å². The van der Waals surface area contributed by atoms with Crippen molar-refractivity contribution in [1.29, 1.82) is 0 Å². The fourth-order valence-corrected chi connectivity index (χ4v) is 3.35. The van der Waals surface area contributed by atoms with Gasteiger partial charge in [-0.05, 0) is 51.3 Å². The first kappa shape index (κ1) is 18.8. The van der Waals surface area contributed by atoms with E-state index in [1.807, 2.05) is 11.9 Å². The number of carbonyl (C=O) groups excluding carboxylic acids is 1. The minimum absolute atomic E-state index is 0.00673. The Kier molecular flexibility index (Phi) is 6.69. The van der Waals surface area contributed by atoms with E-state index >= 15 is 0 Å². The summed E-state index contributed by atoms with van der Waals surface area (Å²) in [6.45, 7) is 2.60. The van der Waals surface area contributed by atoms with Crippen molar-refractivity contribution in [3.8, 4) is 0 Å². The maximum absolute atomic E-state index is 13.6. The van der Waals surface area contributed by atoms with Gasteiger partial charge in [0.1, 0.15) is 11.6 Å². The van der Waals surface area contributed by atoms with Gasteiger partial charge in [0.2, 0.25) is 5.91 Å². The van der Waals surface area contributed by atoms with Crippen molar-refractivity contribution in [2.24, 2.45) is 5.92 Å². The summed E-state index contributed by atoms with van der Waals surface area (Å²) in [5.74, 6) is -1.16. The van der Waals surface area contributed by atoms with Crippen molar-refractivity contribution < 1.29 is 18.7 Å². The highest BCUT2D eigenvalue weighted by atomic mass is 19.1. The Bertz CT molecular complexity index is 548. The molecule has 1 aromatic rings. The maximum atomic E-state index is 13.6. The molecular weight excluding hydrogens is 314 g/mol. The molecule has 0 spiro atoms. The second-order valence-electron chi connectivity index (χ2n) is 6.83. The van der Waals surface area contributed by atoms with Crippen LogP contribution in [0, 0.1) is 17.6 Å². The zero-order valence-electron chi connectivity index (χ0n) is 14.3. The molecule has 0 saturated heterocycles. The molecule has 1 amide bonds. The van der Waals surface area contributed by atoms with Crippen LogP contribution in [0.2, 0.25) is 0 Å². The largest absolute Gasteiger partial charge is 0.393 e. The number of rotatable bonds is 7. The number of aliphatic hydroxyl groups is 1.